The Bertz CT molecular complexity index is 581. The zero-order chi connectivity index (χ0) is 11.9. The third kappa shape index (κ3) is 1.49. The lowest BCUT2D eigenvalue weighted by Gasteiger charge is -2.30. The smallest absolute Gasteiger partial charge is 0.127 e. The third-order valence-corrected chi connectivity index (χ3v) is 3.15. The molecule has 0 radical (unpaired) electrons. The number of aliphatic hydroxyl groups excluding tert-OH is 1. The summed E-state index contributed by atoms with van der Waals surface area (Å²) in [5, 5.41) is 18.9. The number of fused-ring (bicyclic) bond motifs is 1. The normalized spacial score (nSPS) is 27.8. The van der Waals surface area contributed by atoms with Gasteiger partial charge in [-0.2, -0.15) is 15.0 Å². The van der Waals surface area contributed by atoms with Crippen LogP contribution in [0, 0.1) is 0 Å². The van der Waals surface area contributed by atoms with Crippen LogP contribution in [0.1, 0.15) is 6.92 Å². The predicted octanol–water partition coefficient (Wildman–Crippen LogP) is 1.63. The maximum atomic E-state index is 10.1. The van der Waals surface area contributed by atoms with E-state index in [9.17, 15) is 5.11 Å². The van der Waals surface area contributed by atoms with Crippen LogP contribution < -0.4 is 0 Å². The van der Waals surface area contributed by atoms with E-state index in [1.807, 2.05) is 49.4 Å². The molecule has 1 aromatic carbocycles. The monoisotopic (exact) mass is 227 g/mol. The Hall–Kier alpha value is -1.94. The summed E-state index contributed by atoms with van der Waals surface area (Å²) in [6.45, 7) is 1.91. The van der Waals surface area contributed by atoms with Crippen molar-refractivity contribution in [2.75, 3.05) is 0 Å². The summed E-state index contributed by atoms with van der Waals surface area (Å²) in [6, 6.07) is 7.68. The molecule has 86 valence electrons. The highest BCUT2D eigenvalue weighted by atomic mass is 16.3. The second-order valence-electron chi connectivity index (χ2n) is 4.39. The van der Waals surface area contributed by atoms with Crippen LogP contribution in [0.4, 0.5) is 0 Å². The van der Waals surface area contributed by atoms with Crippen LogP contribution in [0.3, 0.4) is 0 Å². The number of aromatic nitrogens is 3. The lowest BCUT2D eigenvalue weighted by molar-refractivity contribution is 0.0969. The second-order valence-corrected chi connectivity index (χ2v) is 4.39. The molecule has 1 heterocycles. The Kier molecular flexibility index (Phi) is 2.12. The van der Waals surface area contributed by atoms with Crippen LogP contribution >= 0.6 is 0 Å². The average Bonchev–Trinajstić information content (AvgIpc) is 2.77. The van der Waals surface area contributed by atoms with E-state index >= 15 is 0 Å². The van der Waals surface area contributed by atoms with Gasteiger partial charge in [-0.15, -0.1) is 0 Å². The van der Waals surface area contributed by atoms with Crippen molar-refractivity contribution in [1.82, 2.24) is 15.0 Å². The van der Waals surface area contributed by atoms with Gasteiger partial charge in [0.15, 0.2) is 0 Å². The van der Waals surface area contributed by atoms with E-state index in [4.69, 9.17) is 0 Å². The van der Waals surface area contributed by atoms with Gasteiger partial charge in [0, 0.05) is 0 Å². The van der Waals surface area contributed by atoms with Crippen LogP contribution in [0.25, 0.3) is 11.0 Å². The van der Waals surface area contributed by atoms with Gasteiger partial charge < -0.3 is 5.11 Å². The van der Waals surface area contributed by atoms with Gasteiger partial charge in [0.1, 0.15) is 22.7 Å². The van der Waals surface area contributed by atoms with Gasteiger partial charge in [0.05, 0.1) is 0 Å². The third-order valence-electron chi connectivity index (χ3n) is 3.15. The van der Waals surface area contributed by atoms with Gasteiger partial charge in [-0.3, -0.25) is 0 Å². The summed E-state index contributed by atoms with van der Waals surface area (Å²) in [5.74, 6) is 0. The molecule has 1 aliphatic rings. The molecule has 0 aliphatic heterocycles. The van der Waals surface area contributed by atoms with Gasteiger partial charge in [-0.05, 0) is 19.1 Å². The molecule has 2 aromatic rings. The molecule has 2 unspecified atom stereocenters. The molecule has 2 atom stereocenters. The molecule has 0 saturated carbocycles. The summed E-state index contributed by atoms with van der Waals surface area (Å²) < 4.78 is 0. The number of hydrogen-bond donors (Lipinski definition) is 1. The summed E-state index contributed by atoms with van der Waals surface area (Å²) in [6.07, 6.45) is 6.77. The van der Waals surface area contributed by atoms with Crippen LogP contribution in [0.5, 0.6) is 0 Å². The maximum absolute atomic E-state index is 10.1. The highest BCUT2D eigenvalue weighted by molar-refractivity contribution is 5.73. The summed E-state index contributed by atoms with van der Waals surface area (Å²) in [4.78, 5) is 1.59. The van der Waals surface area contributed by atoms with Crippen molar-refractivity contribution in [1.29, 1.82) is 0 Å². The summed E-state index contributed by atoms with van der Waals surface area (Å²) in [5.41, 5.74) is 1.06. The molecular formula is C13H13N3O. The van der Waals surface area contributed by atoms with Crippen molar-refractivity contribution >= 4 is 11.0 Å². The quantitative estimate of drug-likeness (QED) is 0.805. The van der Waals surface area contributed by atoms with E-state index in [1.165, 1.54) is 0 Å². The van der Waals surface area contributed by atoms with Gasteiger partial charge in [-0.1, -0.05) is 36.4 Å². The number of aliphatic hydroxyl groups is 1. The zero-order valence-corrected chi connectivity index (χ0v) is 9.49. The molecule has 17 heavy (non-hydrogen) atoms. The van der Waals surface area contributed by atoms with Crippen molar-refractivity contribution < 1.29 is 5.11 Å². The lowest BCUT2D eigenvalue weighted by atomic mass is 9.91. The van der Waals surface area contributed by atoms with Crippen molar-refractivity contribution in [3.05, 3.63) is 48.6 Å². The standard InChI is InChI=1S/C13H13N3O/c1-13(9-5-4-8-12(13)17)16-14-10-6-2-3-7-11(10)15-16/h2-9,12,17H,1H3. The minimum atomic E-state index is -0.617. The van der Waals surface area contributed by atoms with Crippen molar-refractivity contribution in [2.45, 2.75) is 18.6 Å². The van der Waals surface area contributed by atoms with E-state index in [1.54, 1.807) is 10.9 Å². The Balaban J connectivity index is 2.14. The van der Waals surface area contributed by atoms with Crippen LogP contribution in [-0.4, -0.2) is 26.2 Å². The SMILES string of the molecule is CC1(n2nc3ccccc3n2)C=CC=CC1O. The molecule has 0 amide bonds. The molecule has 0 spiro atoms. The largest absolute Gasteiger partial charge is 0.386 e. The minimum Gasteiger partial charge on any atom is -0.386 e. The van der Waals surface area contributed by atoms with Gasteiger partial charge in [0.25, 0.3) is 0 Å². The minimum absolute atomic E-state index is 0.616. The van der Waals surface area contributed by atoms with E-state index in [0.717, 1.165) is 11.0 Å². The molecule has 1 N–H and O–H groups in total. The van der Waals surface area contributed by atoms with Gasteiger partial charge >= 0.3 is 0 Å². The Morgan fingerprint density at radius 1 is 1.18 bits per heavy atom. The first-order chi connectivity index (χ1) is 8.20. The molecular weight excluding hydrogens is 214 g/mol. The fraction of sp³-hybridized carbons (Fsp3) is 0.231. The van der Waals surface area contributed by atoms with E-state index in [0.29, 0.717) is 0 Å². The highest BCUT2D eigenvalue weighted by Crippen LogP contribution is 2.26. The van der Waals surface area contributed by atoms with E-state index < -0.39 is 11.6 Å². The Labute approximate surface area is 98.9 Å². The fourth-order valence-electron chi connectivity index (χ4n) is 1.97. The van der Waals surface area contributed by atoms with Gasteiger partial charge in [-0.25, -0.2) is 0 Å². The molecule has 0 saturated heterocycles. The van der Waals surface area contributed by atoms with Crippen molar-refractivity contribution in [3.8, 4) is 0 Å². The number of hydrogen-bond acceptors (Lipinski definition) is 3. The molecule has 0 bridgehead atoms. The first-order valence-corrected chi connectivity index (χ1v) is 5.57. The number of allylic oxidation sites excluding steroid dienone is 2. The van der Waals surface area contributed by atoms with Crippen molar-refractivity contribution in [2.24, 2.45) is 0 Å². The predicted molar refractivity (Wildman–Crippen MR) is 65.5 cm³/mol. The van der Waals surface area contributed by atoms with Crippen molar-refractivity contribution in [3.63, 3.8) is 0 Å². The number of nitrogens with zero attached hydrogens (tertiary/aromatic N) is 3. The number of rotatable bonds is 1. The summed E-state index contributed by atoms with van der Waals surface area (Å²) in [7, 11) is 0. The highest BCUT2D eigenvalue weighted by Gasteiger charge is 2.34. The van der Waals surface area contributed by atoms with E-state index in [-0.39, 0.29) is 0 Å². The number of benzene rings is 1. The summed E-state index contributed by atoms with van der Waals surface area (Å²) >= 11 is 0. The fourth-order valence-corrected chi connectivity index (χ4v) is 1.97. The molecule has 3 rings (SSSR count). The Morgan fingerprint density at radius 2 is 1.82 bits per heavy atom. The van der Waals surface area contributed by atoms with Crippen LogP contribution in [0.2, 0.25) is 0 Å². The van der Waals surface area contributed by atoms with E-state index in [2.05, 4.69) is 10.2 Å². The first kappa shape index (κ1) is 10.2. The average molecular weight is 227 g/mol. The van der Waals surface area contributed by atoms with Crippen LogP contribution in [-0.2, 0) is 5.54 Å². The molecule has 1 aliphatic carbocycles. The molecule has 4 nitrogen and oxygen atoms in total. The maximum Gasteiger partial charge on any atom is 0.127 e. The first-order valence-electron chi connectivity index (χ1n) is 5.57. The molecule has 4 heteroatoms. The zero-order valence-electron chi connectivity index (χ0n) is 9.49. The Morgan fingerprint density at radius 3 is 2.41 bits per heavy atom. The van der Waals surface area contributed by atoms with Gasteiger partial charge in [0.2, 0.25) is 0 Å². The molecule has 1 aromatic heterocycles. The second kappa shape index (κ2) is 3.53. The van der Waals surface area contributed by atoms with Crippen LogP contribution in [0.15, 0.2) is 48.6 Å². The lowest BCUT2D eigenvalue weighted by Crippen LogP contribution is -2.42. The topological polar surface area (TPSA) is 50.9 Å². The molecule has 0 fully saturated rings.